The van der Waals surface area contributed by atoms with Gasteiger partial charge in [0.2, 0.25) is 0 Å². The molecule has 0 aliphatic rings. The first-order chi connectivity index (χ1) is 5.54. The summed E-state index contributed by atoms with van der Waals surface area (Å²) in [5.74, 6) is 0. The highest BCUT2D eigenvalue weighted by Gasteiger charge is 2.24. The second-order valence-electron chi connectivity index (χ2n) is 3.13. The quantitative estimate of drug-likeness (QED) is 0.557. The zero-order valence-electron chi connectivity index (χ0n) is 8.40. The minimum Gasteiger partial charge on any atom is -0.363 e. The van der Waals surface area contributed by atoms with Gasteiger partial charge in [0.15, 0.2) is 6.10 Å². The number of nitriles is 1. The van der Waals surface area contributed by atoms with Gasteiger partial charge >= 0.3 is 0 Å². The van der Waals surface area contributed by atoms with Crippen LogP contribution in [-0.4, -0.2) is 57.4 Å². The molecule has 0 spiro atoms. The van der Waals surface area contributed by atoms with E-state index >= 15 is 0 Å². The summed E-state index contributed by atoms with van der Waals surface area (Å²) in [5, 5.41) is 8.77. The molecule has 0 amide bonds. The van der Waals surface area contributed by atoms with Gasteiger partial charge in [0.1, 0.15) is 6.17 Å². The largest absolute Gasteiger partial charge is 0.363 e. The van der Waals surface area contributed by atoms with Crippen molar-refractivity contribution in [3.8, 4) is 6.07 Å². The molecule has 0 heterocycles. The molecule has 4 heteroatoms. The van der Waals surface area contributed by atoms with E-state index in [2.05, 4.69) is 6.07 Å². The summed E-state index contributed by atoms with van der Waals surface area (Å²) in [6.07, 6.45) is -0.407. The van der Waals surface area contributed by atoms with E-state index in [9.17, 15) is 0 Å². The third-order valence-corrected chi connectivity index (χ3v) is 1.71. The highest BCUT2D eigenvalue weighted by molar-refractivity contribution is 4.92. The Hall–Kier alpha value is -0.630. The van der Waals surface area contributed by atoms with Crippen LogP contribution in [0.1, 0.15) is 0 Å². The summed E-state index contributed by atoms with van der Waals surface area (Å²) in [7, 11) is 9.25. The lowest BCUT2D eigenvalue weighted by molar-refractivity contribution is 0.00158. The van der Waals surface area contributed by atoms with Gasteiger partial charge in [-0.2, -0.15) is 5.26 Å². The van der Waals surface area contributed by atoms with Crippen molar-refractivity contribution in [1.29, 1.82) is 5.26 Å². The number of nitrogens with zero attached hydrogens (tertiary/aromatic N) is 3. The van der Waals surface area contributed by atoms with E-state index in [-0.39, 0.29) is 6.17 Å². The van der Waals surface area contributed by atoms with Gasteiger partial charge in [-0.05, 0) is 28.2 Å². The van der Waals surface area contributed by atoms with Gasteiger partial charge in [-0.1, -0.05) is 0 Å². The highest BCUT2D eigenvalue weighted by atomic mass is 16.5. The van der Waals surface area contributed by atoms with Crippen LogP contribution in [0.5, 0.6) is 0 Å². The van der Waals surface area contributed by atoms with Gasteiger partial charge in [-0.25, -0.2) is 0 Å². The molecule has 70 valence electrons. The van der Waals surface area contributed by atoms with Gasteiger partial charge in [-0.15, -0.1) is 0 Å². The molecule has 0 aliphatic heterocycles. The number of rotatable bonds is 4. The van der Waals surface area contributed by atoms with Crippen LogP contribution in [-0.2, 0) is 4.74 Å². The second kappa shape index (κ2) is 5.09. The third kappa shape index (κ3) is 2.78. The minimum absolute atomic E-state index is 0.000000000000000444. The van der Waals surface area contributed by atoms with Crippen LogP contribution in [0, 0.1) is 11.3 Å². The number of methoxy groups -OCH3 is 1. The Morgan fingerprint density at radius 3 is 1.67 bits per heavy atom. The monoisotopic (exact) mass is 171 g/mol. The summed E-state index contributed by atoms with van der Waals surface area (Å²) >= 11 is 0. The zero-order valence-corrected chi connectivity index (χ0v) is 8.40. The Morgan fingerprint density at radius 2 is 1.58 bits per heavy atom. The van der Waals surface area contributed by atoms with Crippen molar-refractivity contribution < 1.29 is 4.74 Å². The van der Waals surface area contributed by atoms with Crippen LogP contribution in [0.3, 0.4) is 0 Å². The van der Waals surface area contributed by atoms with Gasteiger partial charge in [0, 0.05) is 7.11 Å². The summed E-state index contributed by atoms with van der Waals surface area (Å²) in [5.41, 5.74) is 0. The molecule has 0 aliphatic carbocycles. The fraction of sp³-hybridized carbons (Fsp3) is 0.875. The topological polar surface area (TPSA) is 39.5 Å². The van der Waals surface area contributed by atoms with E-state index in [4.69, 9.17) is 10.00 Å². The normalized spacial score (nSPS) is 13.9. The standard InChI is InChI=1S/C8H17N3O/c1-10(2)8(11(3)4)7(6-9)12-5/h7-8H,1-5H3. The Bertz CT molecular complexity index is 154. The van der Waals surface area contributed by atoms with E-state index in [1.807, 2.05) is 38.0 Å². The molecular weight excluding hydrogens is 154 g/mol. The third-order valence-electron chi connectivity index (χ3n) is 1.71. The van der Waals surface area contributed by atoms with Crippen LogP contribution in [0.15, 0.2) is 0 Å². The molecule has 0 aromatic heterocycles. The van der Waals surface area contributed by atoms with Crippen LogP contribution in [0.25, 0.3) is 0 Å². The SMILES string of the molecule is COC(C#N)C(N(C)C)N(C)C. The zero-order chi connectivity index (χ0) is 9.72. The van der Waals surface area contributed by atoms with Gasteiger partial charge in [0.05, 0.1) is 6.07 Å². The first kappa shape index (κ1) is 11.4. The van der Waals surface area contributed by atoms with Crippen molar-refractivity contribution >= 4 is 0 Å². The van der Waals surface area contributed by atoms with Crippen molar-refractivity contribution in [2.75, 3.05) is 35.3 Å². The molecule has 4 nitrogen and oxygen atoms in total. The van der Waals surface area contributed by atoms with Crippen LogP contribution >= 0.6 is 0 Å². The average molecular weight is 171 g/mol. The highest BCUT2D eigenvalue weighted by Crippen LogP contribution is 2.05. The first-order valence-electron chi connectivity index (χ1n) is 3.79. The number of hydrogen-bond acceptors (Lipinski definition) is 4. The lowest BCUT2D eigenvalue weighted by Gasteiger charge is -2.32. The molecule has 1 atom stereocenters. The van der Waals surface area contributed by atoms with Crippen LogP contribution < -0.4 is 0 Å². The number of ether oxygens (including phenoxy) is 1. The molecular formula is C8H17N3O. The lowest BCUT2D eigenvalue weighted by atomic mass is 10.2. The molecule has 0 saturated carbocycles. The maximum atomic E-state index is 8.77. The van der Waals surface area contributed by atoms with Crippen molar-refractivity contribution in [3.05, 3.63) is 0 Å². The molecule has 0 aromatic rings. The molecule has 0 saturated heterocycles. The van der Waals surface area contributed by atoms with Gasteiger partial charge in [0.25, 0.3) is 0 Å². The van der Waals surface area contributed by atoms with Crippen molar-refractivity contribution in [2.45, 2.75) is 12.3 Å². The maximum absolute atomic E-state index is 8.77. The summed E-state index contributed by atoms with van der Waals surface area (Å²) in [6, 6.07) is 2.11. The Kier molecular flexibility index (Phi) is 4.83. The Balaban J connectivity index is 4.39. The Labute approximate surface area is 74.3 Å². The summed E-state index contributed by atoms with van der Waals surface area (Å²) < 4.78 is 5.04. The lowest BCUT2D eigenvalue weighted by Crippen LogP contribution is -2.49. The fourth-order valence-electron chi connectivity index (χ4n) is 1.24. The molecule has 1 unspecified atom stereocenters. The number of likely N-dealkylation sites (N-methyl/N-ethyl adjacent to an activating group) is 2. The summed E-state index contributed by atoms with van der Waals surface area (Å²) in [4.78, 5) is 3.91. The van der Waals surface area contributed by atoms with Crippen molar-refractivity contribution in [1.82, 2.24) is 9.80 Å². The fourth-order valence-corrected chi connectivity index (χ4v) is 1.24. The first-order valence-corrected chi connectivity index (χ1v) is 3.79. The predicted octanol–water partition coefficient (Wildman–Crippen LogP) is -0.0257. The molecule has 0 rings (SSSR count). The molecule has 0 aromatic carbocycles. The second-order valence-corrected chi connectivity index (χ2v) is 3.13. The smallest absolute Gasteiger partial charge is 0.172 e. The van der Waals surface area contributed by atoms with E-state index < -0.39 is 6.10 Å². The average Bonchev–Trinajstić information content (AvgIpc) is 1.98. The number of hydrogen-bond donors (Lipinski definition) is 0. The van der Waals surface area contributed by atoms with Crippen LogP contribution in [0.4, 0.5) is 0 Å². The maximum Gasteiger partial charge on any atom is 0.172 e. The Morgan fingerprint density at radius 1 is 1.17 bits per heavy atom. The van der Waals surface area contributed by atoms with Gasteiger partial charge in [-0.3, -0.25) is 9.80 Å². The van der Waals surface area contributed by atoms with E-state index in [1.165, 1.54) is 0 Å². The van der Waals surface area contributed by atoms with Crippen LogP contribution in [0.2, 0.25) is 0 Å². The van der Waals surface area contributed by atoms with E-state index in [1.54, 1.807) is 7.11 Å². The van der Waals surface area contributed by atoms with Crippen molar-refractivity contribution in [3.63, 3.8) is 0 Å². The molecule has 0 radical (unpaired) electrons. The predicted molar refractivity (Wildman–Crippen MR) is 47.6 cm³/mol. The van der Waals surface area contributed by atoms with E-state index in [0.29, 0.717) is 0 Å². The minimum atomic E-state index is -0.407. The van der Waals surface area contributed by atoms with E-state index in [0.717, 1.165) is 0 Å². The van der Waals surface area contributed by atoms with Crippen molar-refractivity contribution in [2.24, 2.45) is 0 Å². The molecule has 0 N–H and O–H groups in total. The molecule has 0 bridgehead atoms. The summed E-state index contributed by atoms with van der Waals surface area (Å²) in [6.45, 7) is 0. The molecule has 12 heavy (non-hydrogen) atoms. The van der Waals surface area contributed by atoms with Gasteiger partial charge < -0.3 is 4.74 Å². The molecule has 0 fully saturated rings.